The Kier molecular flexibility index (Phi) is 3.82. The standard InChI is InChI=1S/C12H23NO/c1-10-9-14-7-6-11(10)8-13-12-4-2-3-5-12/h10-13H,2-9H2,1H3. The Morgan fingerprint density at radius 2 is 2.00 bits per heavy atom. The lowest BCUT2D eigenvalue weighted by Crippen LogP contribution is -2.37. The lowest BCUT2D eigenvalue weighted by molar-refractivity contribution is 0.0237. The zero-order valence-electron chi connectivity index (χ0n) is 9.30. The first-order chi connectivity index (χ1) is 6.86. The molecule has 1 aliphatic carbocycles. The molecule has 82 valence electrons. The predicted octanol–water partition coefficient (Wildman–Crippen LogP) is 2.19. The quantitative estimate of drug-likeness (QED) is 0.749. The highest BCUT2D eigenvalue weighted by atomic mass is 16.5. The molecule has 2 heteroatoms. The van der Waals surface area contributed by atoms with E-state index >= 15 is 0 Å². The number of ether oxygens (including phenoxy) is 1. The fourth-order valence-electron chi connectivity index (χ4n) is 2.68. The Labute approximate surface area is 87.4 Å². The first-order valence-electron chi connectivity index (χ1n) is 6.17. The van der Waals surface area contributed by atoms with E-state index in [1.165, 1.54) is 38.6 Å². The van der Waals surface area contributed by atoms with Crippen LogP contribution in [0.25, 0.3) is 0 Å². The van der Waals surface area contributed by atoms with Crippen LogP contribution in [-0.4, -0.2) is 25.8 Å². The molecule has 2 fully saturated rings. The van der Waals surface area contributed by atoms with Crippen LogP contribution in [0.3, 0.4) is 0 Å². The van der Waals surface area contributed by atoms with Gasteiger partial charge in [0.1, 0.15) is 0 Å². The van der Waals surface area contributed by atoms with Crippen molar-refractivity contribution in [3.05, 3.63) is 0 Å². The second-order valence-corrected chi connectivity index (χ2v) is 4.99. The van der Waals surface area contributed by atoms with E-state index in [1.54, 1.807) is 0 Å². The van der Waals surface area contributed by atoms with Crippen LogP contribution in [0.1, 0.15) is 39.0 Å². The van der Waals surface area contributed by atoms with Gasteiger partial charge in [-0.25, -0.2) is 0 Å². The van der Waals surface area contributed by atoms with E-state index in [0.29, 0.717) is 0 Å². The third-order valence-corrected chi connectivity index (χ3v) is 3.84. The van der Waals surface area contributed by atoms with Crippen molar-refractivity contribution in [3.63, 3.8) is 0 Å². The number of nitrogens with one attached hydrogen (secondary N) is 1. The Hall–Kier alpha value is -0.0800. The van der Waals surface area contributed by atoms with Crippen LogP contribution in [0.4, 0.5) is 0 Å². The monoisotopic (exact) mass is 197 g/mol. The molecule has 0 amide bonds. The molecule has 0 spiro atoms. The van der Waals surface area contributed by atoms with Gasteiger partial charge in [-0.15, -0.1) is 0 Å². The molecule has 1 saturated carbocycles. The van der Waals surface area contributed by atoms with E-state index < -0.39 is 0 Å². The van der Waals surface area contributed by atoms with Crippen molar-refractivity contribution in [2.24, 2.45) is 11.8 Å². The van der Waals surface area contributed by atoms with E-state index in [-0.39, 0.29) is 0 Å². The van der Waals surface area contributed by atoms with Gasteiger partial charge >= 0.3 is 0 Å². The second kappa shape index (κ2) is 5.13. The van der Waals surface area contributed by atoms with Crippen LogP contribution < -0.4 is 5.32 Å². The lowest BCUT2D eigenvalue weighted by Gasteiger charge is -2.30. The summed E-state index contributed by atoms with van der Waals surface area (Å²) in [7, 11) is 0. The minimum Gasteiger partial charge on any atom is -0.381 e. The molecule has 1 saturated heterocycles. The summed E-state index contributed by atoms with van der Waals surface area (Å²) in [6.45, 7) is 5.48. The molecule has 2 unspecified atom stereocenters. The maximum Gasteiger partial charge on any atom is 0.0494 e. The molecule has 0 aromatic rings. The number of rotatable bonds is 3. The van der Waals surface area contributed by atoms with Crippen molar-refractivity contribution in [2.75, 3.05) is 19.8 Å². The third-order valence-electron chi connectivity index (χ3n) is 3.84. The van der Waals surface area contributed by atoms with Gasteiger partial charge in [-0.05, 0) is 37.6 Å². The highest BCUT2D eigenvalue weighted by molar-refractivity contribution is 4.78. The van der Waals surface area contributed by atoms with Gasteiger partial charge in [0.15, 0.2) is 0 Å². The molecule has 2 aliphatic rings. The normalized spacial score (nSPS) is 34.9. The van der Waals surface area contributed by atoms with Crippen LogP contribution >= 0.6 is 0 Å². The van der Waals surface area contributed by atoms with Crippen LogP contribution in [0, 0.1) is 11.8 Å². The van der Waals surface area contributed by atoms with Gasteiger partial charge in [0, 0.05) is 19.3 Å². The summed E-state index contributed by atoms with van der Waals surface area (Å²) in [6.07, 6.45) is 6.91. The molecule has 2 rings (SSSR count). The summed E-state index contributed by atoms with van der Waals surface area (Å²) in [5.74, 6) is 1.60. The lowest BCUT2D eigenvalue weighted by atomic mass is 9.90. The molecule has 1 N–H and O–H groups in total. The maximum absolute atomic E-state index is 5.46. The fourth-order valence-corrected chi connectivity index (χ4v) is 2.68. The van der Waals surface area contributed by atoms with Crippen molar-refractivity contribution in [1.29, 1.82) is 0 Å². The number of hydrogen-bond acceptors (Lipinski definition) is 2. The topological polar surface area (TPSA) is 21.3 Å². The minimum absolute atomic E-state index is 0.748. The van der Waals surface area contributed by atoms with Crippen LogP contribution in [0.2, 0.25) is 0 Å². The van der Waals surface area contributed by atoms with Crippen LogP contribution in [0.5, 0.6) is 0 Å². The minimum atomic E-state index is 0.748. The Balaban J connectivity index is 1.67. The molecule has 0 aromatic heterocycles. The summed E-state index contributed by atoms with van der Waals surface area (Å²) in [4.78, 5) is 0. The SMILES string of the molecule is CC1COCCC1CNC1CCCC1. The van der Waals surface area contributed by atoms with Crippen molar-refractivity contribution in [3.8, 4) is 0 Å². The van der Waals surface area contributed by atoms with Gasteiger partial charge in [0.25, 0.3) is 0 Å². The average molecular weight is 197 g/mol. The zero-order chi connectivity index (χ0) is 9.80. The molecule has 0 radical (unpaired) electrons. The first kappa shape index (κ1) is 10.4. The third kappa shape index (κ3) is 2.71. The van der Waals surface area contributed by atoms with E-state index in [9.17, 15) is 0 Å². The molecule has 0 aromatic carbocycles. The van der Waals surface area contributed by atoms with Crippen LogP contribution in [0.15, 0.2) is 0 Å². The average Bonchev–Trinajstić information content (AvgIpc) is 2.69. The van der Waals surface area contributed by atoms with Crippen molar-refractivity contribution >= 4 is 0 Å². The maximum atomic E-state index is 5.46. The smallest absolute Gasteiger partial charge is 0.0494 e. The van der Waals surface area contributed by atoms with Crippen molar-refractivity contribution in [1.82, 2.24) is 5.32 Å². The molecular weight excluding hydrogens is 174 g/mol. The Morgan fingerprint density at radius 1 is 1.21 bits per heavy atom. The predicted molar refractivity (Wildman–Crippen MR) is 58.3 cm³/mol. The van der Waals surface area contributed by atoms with E-state index in [4.69, 9.17) is 4.74 Å². The van der Waals surface area contributed by atoms with Gasteiger partial charge in [-0.3, -0.25) is 0 Å². The van der Waals surface area contributed by atoms with E-state index in [0.717, 1.165) is 31.1 Å². The first-order valence-corrected chi connectivity index (χ1v) is 6.17. The molecule has 1 heterocycles. The summed E-state index contributed by atoms with van der Waals surface area (Å²) in [5.41, 5.74) is 0. The van der Waals surface area contributed by atoms with E-state index in [2.05, 4.69) is 12.2 Å². The largest absolute Gasteiger partial charge is 0.381 e. The molecule has 0 bridgehead atoms. The Bertz CT molecular complexity index is 166. The number of hydrogen-bond donors (Lipinski definition) is 1. The summed E-state index contributed by atoms with van der Waals surface area (Å²) in [5, 5.41) is 3.73. The van der Waals surface area contributed by atoms with Gasteiger partial charge in [0.2, 0.25) is 0 Å². The summed E-state index contributed by atoms with van der Waals surface area (Å²) in [6, 6.07) is 0.824. The fraction of sp³-hybridized carbons (Fsp3) is 1.00. The van der Waals surface area contributed by atoms with Crippen LogP contribution in [-0.2, 0) is 4.74 Å². The van der Waals surface area contributed by atoms with Crippen molar-refractivity contribution < 1.29 is 4.74 Å². The molecule has 2 nitrogen and oxygen atoms in total. The zero-order valence-corrected chi connectivity index (χ0v) is 9.30. The van der Waals surface area contributed by atoms with Gasteiger partial charge < -0.3 is 10.1 Å². The van der Waals surface area contributed by atoms with Gasteiger partial charge in [0.05, 0.1) is 0 Å². The molecular formula is C12H23NO. The highest BCUT2D eigenvalue weighted by Gasteiger charge is 2.23. The molecule has 14 heavy (non-hydrogen) atoms. The van der Waals surface area contributed by atoms with Gasteiger partial charge in [-0.2, -0.15) is 0 Å². The highest BCUT2D eigenvalue weighted by Crippen LogP contribution is 2.22. The second-order valence-electron chi connectivity index (χ2n) is 4.99. The molecule has 1 aliphatic heterocycles. The Morgan fingerprint density at radius 3 is 2.71 bits per heavy atom. The van der Waals surface area contributed by atoms with Gasteiger partial charge in [-0.1, -0.05) is 19.8 Å². The molecule has 2 atom stereocenters. The summed E-state index contributed by atoms with van der Waals surface area (Å²) >= 11 is 0. The summed E-state index contributed by atoms with van der Waals surface area (Å²) < 4.78 is 5.46. The van der Waals surface area contributed by atoms with Crippen molar-refractivity contribution in [2.45, 2.75) is 45.1 Å². The van der Waals surface area contributed by atoms with E-state index in [1.807, 2.05) is 0 Å².